The number of benzene rings is 1. The van der Waals surface area contributed by atoms with Crippen LogP contribution >= 0.6 is 0 Å². The summed E-state index contributed by atoms with van der Waals surface area (Å²) in [4.78, 5) is 35.3. The zero-order valence-electron chi connectivity index (χ0n) is 20.1. The zero-order chi connectivity index (χ0) is 24.5. The van der Waals surface area contributed by atoms with Gasteiger partial charge in [0.05, 0.1) is 5.69 Å². The average Bonchev–Trinajstić information content (AvgIpc) is 2.83. The van der Waals surface area contributed by atoms with Crippen LogP contribution in [0.4, 0.5) is 14.5 Å². The van der Waals surface area contributed by atoms with Gasteiger partial charge in [-0.1, -0.05) is 6.92 Å². The predicted octanol–water partition coefficient (Wildman–Crippen LogP) is 4.18. The third-order valence-electron chi connectivity index (χ3n) is 6.22. The van der Waals surface area contributed by atoms with E-state index >= 15 is 0 Å². The normalized spacial score (nSPS) is 15.9. The second kappa shape index (κ2) is 12.6. The van der Waals surface area contributed by atoms with Gasteiger partial charge < -0.3 is 14.7 Å². The topological polar surface area (TPSA) is 56.8 Å². The second-order valence-corrected chi connectivity index (χ2v) is 8.83. The number of rotatable bonds is 5. The molecule has 0 aliphatic carbocycles. The molecule has 2 heterocycles. The molecule has 0 bridgehead atoms. The van der Waals surface area contributed by atoms with E-state index in [-0.39, 0.29) is 24.8 Å². The molecule has 0 N–H and O–H groups in total. The lowest BCUT2D eigenvalue weighted by atomic mass is 10.1. The summed E-state index contributed by atoms with van der Waals surface area (Å²) in [6.07, 6.45) is 7.03. The van der Waals surface area contributed by atoms with Crippen molar-refractivity contribution in [3.63, 3.8) is 0 Å². The van der Waals surface area contributed by atoms with Gasteiger partial charge >= 0.3 is 0 Å². The number of hydrogen-bond acceptors (Lipinski definition) is 4. The third kappa shape index (κ3) is 7.06. The minimum Gasteiger partial charge on any atom is -0.338 e. The molecular formula is C26H34F2N4O2. The first-order valence-corrected chi connectivity index (χ1v) is 12.0. The molecule has 34 heavy (non-hydrogen) atoms. The van der Waals surface area contributed by atoms with Crippen LogP contribution in [0, 0.1) is 11.6 Å². The van der Waals surface area contributed by atoms with Gasteiger partial charge in [0.1, 0.15) is 0 Å². The Balaban J connectivity index is 1.85. The molecule has 0 saturated carbocycles. The Morgan fingerprint density at radius 2 is 1.65 bits per heavy atom. The van der Waals surface area contributed by atoms with Crippen LogP contribution in [0.15, 0.2) is 36.7 Å². The highest BCUT2D eigenvalue weighted by atomic mass is 19.2. The van der Waals surface area contributed by atoms with E-state index < -0.39 is 11.6 Å². The summed E-state index contributed by atoms with van der Waals surface area (Å²) < 4.78 is 28.5. The lowest BCUT2D eigenvalue weighted by Crippen LogP contribution is -2.38. The van der Waals surface area contributed by atoms with E-state index in [0.717, 1.165) is 50.0 Å². The lowest BCUT2D eigenvalue weighted by molar-refractivity contribution is -0.132. The van der Waals surface area contributed by atoms with Gasteiger partial charge in [0, 0.05) is 50.9 Å². The van der Waals surface area contributed by atoms with E-state index in [1.807, 2.05) is 19.2 Å². The highest BCUT2D eigenvalue weighted by molar-refractivity contribution is 5.94. The molecule has 0 radical (unpaired) electrons. The molecule has 1 aliphatic heterocycles. The fourth-order valence-electron chi connectivity index (χ4n) is 4.32. The van der Waals surface area contributed by atoms with Crippen molar-refractivity contribution in [2.45, 2.75) is 52.0 Å². The van der Waals surface area contributed by atoms with Gasteiger partial charge in [-0.05, 0) is 75.1 Å². The maximum Gasteiger partial charge on any atom is 0.226 e. The van der Waals surface area contributed by atoms with Gasteiger partial charge in [0.25, 0.3) is 0 Å². The van der Waals surface area contributed by atoms with Crippen LogP contribution in [0.2, 0.25) is 0 Å². The largest absolute Gasteiger partial charge is 0.338 e. The smallest absolute Gasteiger partial charge is 0.226 e. The molecular weight excluding hydrogens is 438 g/mol. The van der Waals surface area contributed by atoms with Gasteiger partial charge in [-0.3, -0.25) is 14.6 Å². The van der Waals surface area contributed by atoms with Crippen LogP contribution in [-0.4, -0.2) is 59.8 Å². The van der Waals surface area contributed by atoms with Gasteiger partial charge in [-0.2, -0.15) is 0 Å². The number of aromatic nitrogens is 1. The maximum atomic E-state index is 14.3. The number of hydrogen-bond donors (Lipinski definition) is 0. The van der Waals surface area contributed by atoms with Crippen LogP contribution in [0.25, 0.3) is 0 Å². The van der Waals surface area contributed by atoms with E-state index in [1.54, 1.807) is 29.1 Å². The summed E-state index contributed by atoms with van der Waals surface area (Å²) in [6, 6.07) is 6.10. The highest BCUT2D eigenvalue weighted by Crippen LogP contribution is 2.27. The summed E-state index contributed by atoms with van der Waals surface area (Å²) in [6.45, 7) is 4.40. The number of aryl methyl sites for hydroxylation is 1. The number of carbonyl (C=O) groups is 2. The fraction of sp³-hybridized carbons (Fsp3) is 0.500. The minimum atomic E-state index is -0.993. The van der Waals surface area contributed by atoms with E-state index in [2.05, 4.69) is 9.88 Å². The summed E-state index contributed by atoms with van der Waals surface area (Å²) in [5.41, 5.74) is 1.93. The van der Waals surface area contributed by atoms with Crippen LogP contribution in [0.1, 0.15) is 50.2 Å². The molecule has 1 aliphatic rings. The second-order valence-electron chi connectivity index (χ2n) is 8.83. The molecule has 184 valence electrons. The molecule has 3 rings (SSSR count). The lowest BCUT2D eigenvalue weighted by Gasteiger charge is -2.31. The number of amides is 2. The Morgan fingerprint density at radius 1 is 0.971 bits per heavy atom. The Bertz CT molecular complexity index is 971. The van der Waals surface area contributed by atoms with Crippen molar-refractivity contribution < 1.29 is 18.4 Å². The van der Waals surface area contributed by atoms with E-state index in [1.165, 1.54) is 0 Å². The molecule has 0 fully saturated rings. The Hall–Kier alpha value is -2.87. The predicted molar refractivity (Wildman–Crippen MR) is 128 cm³/mol. The number of carbonyl (C=O) groups excluding carboxylic acids is 2. The number of nitrogens with zero attached hydrogens (tertiary/aromatic N) is 4. The molecule has 2 aromatic rings. The number of anilines is 1. The Morgan fingerprint density at radius 3 is 2.35 bits per heavy atom. The molecule has 0 saturated heterocycles. The monoisotopic (exact) mass is 472 g/mol. The van der Waals surface area contributed by atoms with E-state index in [4.69, 9.17) is 0 Å². The zero-order valence-corrected chi connectivity index (χ0v) is 20.1. The van der Waals surface area contributed by atoms with Gasteiger partial charge in [0.2, 0.25) is 11.8 Å². The third-order valence-corrected chi connectivity index (χ3v) is 6.22. The van der Waals surface area contributed by atoms with Crippen LogP contribution in [0.3, 0.4) is 0 Å². The maximum absolute atomic E-state index is 14.3. The molecule has 6 nitrogen and oxygen atoms in total. The van der Waals surface area contributed by atoms with Crippen LogP contribution in [-0.2, 0) is 22.6 Å². The summed E-state index contributed by atoms with van der Waals surface area (Å²) in [5, 5.41) is 0. The standard InChI is InChI=1S/C26H34F2N4O2/c1-3-25(33)32-16-6-14-30(2)13-5-15-31(19-21-17-22(27)23(28)18-24(21)32)26(34)8-4-7-20-9-11-29-12-10-20/h9-12,17-18H,3-8,13-16,19H2,1-2H3. The molecule has 0 spiro atoms. The molecule has 0 atom stereocenters. The number of pyridine rings is 1. The first-order valence-electron chi connectivity index (χ1n) is 12.0. The Labute approximate surface area is 200 Å². The van der Waals surface area contributed by atoms with Crippen molar-refractivity contribution in [2.75, 3.05) is 38.1 Å². The first kappa shape index (κ1) is 25.7. The van der Waals surface area contributed by atoms with Crippen molar-refractivity contribution in [3.05, 3.63) is 59.4 Å². The number of halogens is 2. The Kier molecular flexibility index (Phi) is 9.51. The quantitative estimate of drug-likeness (QED) is 0.655. The molecule has 1 aromatic heterocycles. The van der Waals surface area contributed by atoms with E-state index in [9.17, 15) is 18.4 Å². The molecule has 1 aromatic carbocycles. The SMILES string of the molecule is CCC(=O)N1CCCN(C)CCCN(C(=O)CCCc2ccncc2)Cc2cc(F)c(F)cc21. The summed E-state index contributed by atoms with van der Waals surface area (Å²) in [7, 11) is 2.02. The van der Waals surface area contributed by atoms with E-state index in [0.29, 0.717) is 37.2 Å². The minimum absolute atomic E-state index is 0.0298. The van der Waals surface area contributed by atoms with Crippen molar-refractivity contribution in [1.29, 1.82) is 0 Å². The van der Waals surface area contributed by atoms with Crippen molar-refractivity contribution in [2.24, 2.45) is 0 Å². The summed E-state index contributed by atoms with van der Waals surface area (Å²) >= 11 is 0. The molecule has 8 heteroatoms. The highest BCUT2D eigenvalue weighted by Gasteiger charge is 2.24. The van der Waals surface area contributed by atoms with Crippen LogP contribution in [0.5, 0.6) is 0 Å². The average molecular weight is 473 g/mol. The first-order chi connectivity index (χ1) is 16.4. The van der Waals surface area contributed by atoms with Gasteiger partial charge in [0.15, 0.2) is 11.6 Å². The van der Waals surface area contributed by atoms with Crippen molar-refractivity contribution in [1.82, 2.24) is 14.8 Å². The number of fused-ring (bicyclic) bond motifs is 1. The van der Waals surface area contributed by atoms with Gasteiger partial charge in [-0.15, -0.1) is 0 Å². The van der Waals surface area contributed by atoms with Crippen molar-refractivity contribution >= 4 is 17.5 Å². The van der Waals surface area contributed by atoms with Crippen LogP contribution < -0.4 is 4.90 Å². The fourth-order valence-corrected chi connectivity index (χ4v) is 4.32. The van der Waals surface area contributed by atoms with Gasteiger partial charge in [-0.25, -0.2) is 8.78 Å². The molecule has 0 unspecified atom stereocenters. The molecule has 2 amide bonds. The summed E-state index contributed by atoms with van der Waals surface area (Å²) in [5.74, 6) is -2.15. The van der Waals surface area contributed by atoms with Crippen molar-refractivity contribution in [3.8, 4) is 0 Å².